The van der Waals surface area contributed by atoms with Crippen molar-refractivity contribution >= 4 is 34.3 Å². The standard InChI is InChI=1S/C31H30N6O4/c1-40-31(39)28-27(35-30(38)22-9-4-2-5-10-22)26-15-23(18-33-29(26)36(28)20-25-13-8-14-41-25)32-16-21-17-34-37(19-21)24-11-6-3-7-12-24/h2-7,9-12,15,17-19,25,32H,8,13-14,16,20H2,1H3,(H,35,38)/t25-/m0/s1. The number of amides is 1. The minimum absolute atomic E-state index is 0.0626. The Morgan fingerprint density at radius 3 is 2.59 bits per heavy atom. The van der Waals surface area contributed by atoms with E-state index < -0.39 is 5.97 Å². The molecule has 1 saturated heterocycles. The van der Waals surface area contributed by atoms with Gasteiger partial charge in [-0.2, -0.15) is 5.10 Å². The van der Waals surface area contributed by atoms with Crippen LogP contribution in [0.4, 0.5) is 11.4 Å². The van der Waals surface area contributed by atoms with Gasteiger partial charge in [0.25, 0.3) is 5.91 Å². The molecule has 10 nitrogen and oxygen atoms in total. The molecule has 0 aliphatic carbocycles. The second-order valence-corrected chi connectivity index (χ2v) is 9.86. The number of carbonyl (C=O) groups excluding carboxylic acids is 2. The van der Waals surface area contributed by atoms with Gasteiger partial charge in [0.2, 0.25) is 0 Å². The van der Waals surface area contributed by atoms with E-state index in [0.29, 0.717) is 42.0 Å². The molecule has 0 saturated carbocycles. The summed E-state index contributed by atoms with van der Waals surface area (Å²) in [6.07, 6.45) is 7.27. The van der Waals surface area contributed by atoms with Crippen LogP contribution in [0.25, 0.3) is 16.7 Å². The van der Waals surface area contributed by atoms with Crippen molar-refractivity contribution in [2.75, 3.05) is 24.4 Å². The van der Waals surface area contributed by atoms with Crippen LogP contribution >= 0.6 is 0 Å². The Labute approximate surface area is 236 Å². The zero-order chi connectivity index (χ0) is 28.2. The predicted octanol–water partition coefficient (Wildman–Crippen LogP) is 5.05. The van der Waals surface area contributed by atoms with Gasteiger partial charge >= 0.3 is 5.97 Å². The maximum Gasteiger partial charge on any atom is 0.356 e. The monoisotopic (exact) mass is 550 g/mol. The molecule has 4 heterocycles. The molecule has 0 unspecified atom stereocenters. The number of nitrogens with one attached hydrogen (secondary N) is 2. The number of aromatic nitrogens is 4. The van der Waals surface area contributed by atoms with Gasteiger partial charge < -0.3 is 24.7 Å². The fourth-order valence-corrected chi connectivity index (χ4v) is 5.08. The van der Waals surface area contributed by atoms with Gasteiger partial charge in [0.1, 0.15) is 5.65 Å². The van der Waals surface area contributed by atoms with E-state index in [4.69, 9.17) is 14.5 Å². The van der Waals surface area contributed by atoms with Crippen molar-refractivity contribution in [2.45, 2.75) is 32.0 Å². The lowest BCUT2D eigenvalue weighted by atomic mass is 10.2. The van der Waals surface area contributed by atoms with E-state index in [1.807, 2.05) is 59.5 Å². The molecule has 1 fully saturated rings. The molecule has 208 valence electrons. The number of benzene rings is 2. The van der Waals surface area contributed by atoms with Crippen molar-refractivity contribution in [1.82, 2.24) is 19.3 Å². The van der Waals surface area contributed by atoms with Crippen LogP contribution in [-0.2, 0) is 22.6 Å². The van der Waals surface area contributed by atoms with Crippen molar-refractivity contribution in [2.24, 2.45) is 0 Å². The minimum atomic E-state index is -0.563. The molecule has 3 aromatic heterocycles. The summed E-state index contributed by atoms with van der Waals surface area (Å²) in [6, 6.07) is 20.7. The summed E-state index contributed by atoms with van der Waals surface area (Å²) in [4.78, 5) is 31.1. The normalized spacial score (nSPS) is 14.7. The van der Waals surface area contributed by atoms with Gasteiger partial charge in [-0.05, 0) is 43.2 Å². The number of methoxy groups -OCH3 is 1. The molecule has 5 aromatic rings. The Bertz CT molecular complexity index is 1670. The molecule has 1 aliphatic rings. The summed E-state index contributed by atoms with van der Waals surface area (Å²) in [5.41, 5.74) is 4.31. The molecule has 0 spiro atoms. The third-order valence-corrected chi connectivity index (χ3v) is 7.12. The van der Waals surface area contributed by atoms with Crippen LogP contribution in [0.2, 0.25) is 0 Å². The van der Waals surface area contributed by atoms with Gasteiger partial charge in [-0.15, -0.1) is 0 Å². The third-order valence-electron chi connectivity index (χ3n) is 7.12. The van der Waals surface area contributed by atoms with E-state index in [1.165, 1.54) is 7.11 Å². The Kier molecular flexibility index (Phi) is 7.46. The van der Waals surface area contributed by atoms with Crippen LogP contribution in [0.5, 0.6) is 0 Å². The lowest BCUT2D eigenvalue weighted by Gasteiger charge is -2.14. The number of hydrogen-bond donors (Lipinski definition) is 2. The lowest BCUT2D eigenvalue weighted by molar-refractivity contribution is 0.0580. The second-order valence-electron chi connectivity index (χ2n) is 9.86. The number of esters is 1. The van der Waals surface area contributed by atoms with Crippen LogP contribution in [0.3, 0.4) is 0 Å². The van der Waals surface area contributed by atoms with Gasteiger partial charge in [0.15, 0.2) is 5.69 Å². The summed E-state index contributed by atoms with van der Waals surface area (Å²) >= 11 is 0. The quantitative estimate of drug-likeness (QED) is 0.247. The molecule has 2 aromatic carbocycles. The first-order valence-corrected chi connectivity index (χ1v) is 13.5. The number of nitrogens with zero attached hydrogens (tertiary/aromatic N) is 4. The highest BCUT2D eigenvalue weighted by Crippen LogP contribution is 2.34. The minimum Gasteiger partial charge on any atom is -0.464 e. The summed E-state index contributed by atoms with van der Waals surface area (Å²) < 4.78 is 14.7. The number of hydrogen-bond acceptors (Lipinski definition) is 7. The summed E-state index contributed by atoms with van der Waals surface area (Å²) in [6.45, 7) is 1.60. The van der Waals surface area contributed by atoms with E-state index in [1.54, 1.807) is 35.0 Å². The number of ether oxygens (including phenoxy) is 2. The van der Waals surface area contributed by atoms with Crippen molar-refractivity contribution in [3.63, 3.8) is 0 Å². The largest absolute Gasteiger partial charge is 0.464 e. The lowest BCUT2D eigenvalue weighted by Crippen LogP contribution is -2.21. The van der Waals surface area contributed by atoms with Crippen LogP contribution in [0.1, 0.15) is 39.3 Å². The molecule has 6 rings (SSSR count). The molecule has 10 heteroatoms. The van der Waals surface area contributed by atoms with Gasteiger partial charge in [-0.25, -0.2) is 14.5 Å². The number of anilines is 2. The highest BCUT2D eigenvalue weighted by molar-refractivity contribution is 6.14. The molecule has 0 bridgehead atoms. The summed E-state index contributed by atoms with van der Waals surface area (Å²) in [7, 11) is 1.33. The Morgan fingerprint density at radius 1 is 1.07 bits per heavy atom. The van der Waals surface area contributed by atoms with Gasteiger partial charge in [0, 0.05) is 35.9 Å². The van der Waals surface area contributed by atoms with E-state index in [-0.39, 0.29) is 17.7 Å². The third kappa shape index (κ3) is 5.55. The summed E-state index contributed by atoms with van der Waals surface area (Å²) in [5.74, 6) is -0.897. The van der Waals surface area contributed by atoms with Crippen LogP contribution in [0.15, 0.2) is 85.3 Å². The zero-order valence-electron chi connectivity index (χ0n) is 22.6. The van der Waals surface area contributed by atoms with Crippen molar-refractivity contribution < 1.29 is 19.1 Å². The number of carbonyl (C=O) groups is 2. The number of fused-ring (bicyclic) bond motifs is 1. The van der Waals surface area contributed by atoms with E-state index in [9.17, 15) is 9.59 Å². The molecule has 1 atom stereocenters. The van der Waals surface area contributed by atoms with Crippen LogP contribution < -0.4 is 10.6 Å². The molecule has 0 radical (unpaired) electrons. The Hall–Kier alpha value is -4.96. The maximum atomic E-state index is 13.2. The van der Waals surface area contributed by atoms with E-state index in [0.717, 1.165) is 29.8 Å². The second kappa shape index (κ2) is 11.6. The topological polar surface area (TPSA) is 112 Å². The SMILES string of the molecule is COC(=O)c1c(NC(=O)c2ccccc2)c2cc(NCc3cnn(-c4ccccc4)c3)cnc2n1C[C@@H]1CCCO1. The zero-order valence-corrected chi connectivity index (χ0v) is 22.6. The predicted molar refractivity (Wildman–Crippen MR) is 155 cm³/mol. The fourth-order valence-electron chi connectivity index (χ4n) is 5.08. The average molecular weight is 551 g/mol. The Balaban J connectivity index is 1.35. The number of rotatable bonds is 9. The molecule has 2 N–H and O–H groups in total. The average Bonchev–Trinajstić information content (AvgIpc) is 3.77. The first kappa shape index (κ1) is 26.3. The molecule has 1 aliphatic heterocycles. The number of pyridine rings is 1. The number of para-hydroxylation sites is 1. The van der Waals surface area contributed by atoms with Gasteiger partial charge in [-0.3, -0.25) is 4.79 Å². The molecule has 41 heavy (non-hydrogen) atoms. The first-order chi connectivity index (χ1) is 20.1. The Morgan fingerprint density at radius 2 is 1.85 bits per heavy atom. The van der Waals surface area contributed by atoms with Gasteiger partial charge in [0.05, 0.1) is 49.2 Å². The van der Waals surface area contributed by atoms with Crippen LogP contribution in [-0.4, -0.2) is 51.0 Å². The smallest absolute Gasteiger partial charge is 0.356 e. The highest BCUT2D eigenvalue weighted by Gasteiger charge is 2.29. The summed E-state index contributed by atoms with van der Waals surface area (Å²) in [5, 5.41) is 11.5. The molecular formula is C31H30N6O4. The highest BCUT2D eigenvalue weighted by atomic mass is 16.5. The van der Waals surface area contributed by atoms with Crippen LogP contribution in [0, 0.1) is 0 Å². The van der Waals surface area contributed by atoms with E-state index >= 15 is 0 Å². The first-order valence-electron chi connectivity index (χ1n) is 13.5. The van der Waals surface area contributed by atoms with Crippen molar-refractivity contribution in [3.8, 4) is 5.69 Å². The fraction of sp³-hybridized carbons (Fsp3) is 0.226. The van der Waals surface area contributed by atoms with Crippen molar-refractivity contribution in [1.29, 1.82) is 0 Å². The van der Waals surface area contributed by atoms with Gasteiger partial charge in [-0.1, -0.05) is 36.4 Å². The van der Waals surface area contributed by atoms with Crippen molar-refractivity contribution in [3.05, 3.63) is 102 Å². The van der Waals surface area contributed by atoms with E-state index in [2.05, 4.69) is 15.7 Å². The molecule has 1 amide bonds. The maximum absolute atomic E-state index is 13.2. The molecular weight excluding hydrogens is 520 g/mol.